The molecule has 154 valence electrons. The van der Waals surface area contributed by atoms with Gasteiger partial charge in [-0.15, -0.1) is 0 Å². The number of allylic oxidation sites excluding steroid dienone is 2. The van der Waals surface area contributed by atoms with Crippen LogP contribution in [0, 0.1) is 13.8 Å². The molecule has 0 amide bonds. The first-order valence-electron chi connectivity index (χ1n) is 10.5. The molecule has 0 aliphatic heterocycles. The van der Waals surface area contributed by atoms with Crippen molar-refractivity contribution in [2.45, 2.75) is 53.9 Å². The molecule has 2 heterocycles. The standard InChI is InChI=1S/C27H31N3/c1-6-19(2)28-22(5)13-23-14-24(17-26-11-7-9-20(3)29-26)16-25(15-23)18-27-12-8-10-21(4)30-27/h6-12,14-16H,13,17-18H2,1-5H3/b19-6-,28-22?. The number of rotatable bonds is 7. The van der Waals surface area contributed by atoms with Crippen molar-refractivity contribution >= 4 is 5.71 Å². The van der Waals surface area contributed by atoms with E-state index in [1.165, 1.54) is 16.7 Å². The van der Waals surface area contributed by atoms with E-state index in [1.807, 2.05) is 45.9 Å². The second-order valence-electron chi connectivity index (χ2n) is 8.01. The van der Waals surface area contributed by atoms with Crippen LogP contribution < -0.4 is 0 Å². The number of nitrogens with zero attached hydrogens (tertiary/aromatic N) is 3. The fourth-order valence-corrected chi connectivity index (χ4v) is 3.66. The van der Waals surface area contributed by atoms with Gasteiger partial charge in [-0.2, -0.15) is 0 Å². The second kappa shape index (κ2) is 10.1. The second-order valence-corrected chi connectivity index (χ2v) is 8.01. The number of benzene rings is 1. The minimum atomic E-state index is 0.827. The Kier molecular flexibility index (Phi) is 7.29. The van der Waals surface area contributed by atoms with E-state index in [2.05, 4.69) is 49.4 Å². The van der Waals surface area contributed by atoms with Crippen LogP contribution >= 0.6 is 0 Å². The molecule has 3 rings (SSSR count). The normalized spacial score (nSPS) is 12.3. The maximum Gasteiger partial charge on any atom is 0.0450 e. The highest BCUT2D eigenvalue weighted by Crippen LogP contribution is 2.18. The largest absolute Gasteiger partial charge is 0.263 e. The first-order valence-corrected chi connectivity index (χ1v) is 10.5. The summed E-state index contributed by atoms with van der Waals surface area (Å²) in [6.45, 7) is 10.2. The Hall–Kier alpha value is -3.07. The molecular weight excluding hydrogens is 366 g/mol. The third-order valence-electron chi connectivity index (χ3n) is 5.02. The molecule has 3 nitrogen and oxygen atoms in total. The Labute approximate surface area is 180 Å². The van der Waals surface area contributed by atoms with Crippen LogP contribution in [0.15, 0.2) is 71.4 Å². The summed E-state index contributed by atoms with van der Waals surface area (Å²) in [6, 6.07) is 19.3. The Morgan fingerprint density at radius 2 is 1.30 bits per heavy atom. The summed E-state index contributed by atoms with van der Waals surface area (Å²) in [5.74, 6) is 0. The molecule has 0 aliphatic rings. The molecule has 30 heavy (non-hydrogen) atoms. The lowest BCUT2D eigenvalue weighted by Gasteiger charge is -2.11. The van der Waals surface area contributed by atoms with Crippen LogP contribution in [0.1, 0.15) is 60.2 Å². The van der Waals surface area contributed by atoms with Gasteiger partial charge in [-0.05, 0) is 75.6 Å². The predicted octanol–water partition coefficient (Wildman–Crippen LogP) is 6.20. The zero-order valence-corrected chi connectivity index (χ0v) is 18.7. The number of pyridine rings is 2. The van der Waals surface area contributed by atoms with Crippen molar-refractivity contribution in [2.75, 3.05) is 0 Å². The molecule has 2 aromatic heterocycles. The van der Waals surface area contributed by atoms with Gasteiger partial charge in [-0.25, -0.2) is 0 Å². The van der Waals surface area contributed by atoms with E-state index in [9.17, 15) is 0 Å². The monoisotopic (exact) mass is 397 g/mol. The van der Waals surface area contributed by atoms with Crippen molar-refractivity contribution in [3.63, 3.8) is 0 Å². The van der Waals surface area contributed by atoms with E-state index in [-0.39, 0.29) is 0 Å². The summed E-state index contributed by atoms with van der Waals surface area (Å²) in [4.78, 5) is 14.1. The van der Waals surface area contributed by atoms with Crippen LogP contribution in [0.25, 0.3) is 0 Å². The van der Waals surface area contributed by atoms with Gasteiger partial charge in [-0.3, -0.25) is 15.0 Å². The van der Waals surface area contributed by atoms with E-state index < -0.39 is 0 Å². The SMILES string of the molecule is C/C=C(/C)N=C(C)Cc1cc(Cc2cccc(C)n2)cc(Cc2cccc(C)n2)c1. The first-order chi connectivity index (χ1) is 14.4. The lowest BCUT2D eigenvalue weighted by Crippen LogP contribution is -2.03. The fourth-order valence-electron chi connectivity index (χ4n) is 3.66. The molecule has 3 aromatic rings. The highest BCUT2D eigenvalue weighted by molar-refractivity contribution is 5.85. The van der Waals surface area contributed by atoms with Gasteiger partial charge in [0.2, 0.25) is 0 Å². The molecule has 0 saturated carbocycles. The van der Waals surface area contributed by atoms with Crippen molar-refractivity contribution in [1.29, 1.82) is 0 Å². The van der Waals surface area contributed by atoms with Crippen molar-refractivity contribution in [3.8, 4) is 0 Å². The van der Waals surface area contributed by atoms with E-state index in [0.717, 1.165) is 53.4 Å². The topological polar surface area (TPSA) is 38.1 Å². The number of aryl methyl sites for hydroxylation is 2. The summed E-state index contributed by atoms with van der Waals surface area (Å²) in [5, 5.41) is 0. The van der Waals surface area contributed by atoms with E-state index in [4.69, 9.17) is 15.0 Å². The molecule has 1 aromatic carbocycles. The van der Waals surface area contributed by atoms with Gasteiger partial charge in [0.25, 0.3) is 0 Å². The molecule has 0 fully saturated rings. The molecule has 0 unspecified atom stereocenters. The molecule has 0 bridgehead atoms. The average Bonchev–Trinajstić information content (AvgIpc) is 2.67. The maximum absolute atomic E-state index is 4.69. The summed E-state index contributed by atoms with van der Waals surface area (Å²) in [5.41, 5.74) is 10.3. The summed E-state index contributed by atoms with van der Waals surface area (Å²) in [6.07, 6.45) is 4.54. The Morgan fingerprint density at radius 3 is 1.77 bits per heavy atom. The van der Waals surface area contributed by atoms with Gasteiger partial charge in [0.15, 0.2) is 0 Å². The molecule has 0 radical (unpaired) electrons. The molecule has 0 aliphatic carbocycles. The number of aliphatic imine (C=N–C) groups is 1. The zero-order chi connectivity index (χ0) is 21.5. The Balaban J connectivity index is 1.93. The zero-order valence-electron chi connectivity index (χ0n) is 18.7. The third kappa shape index (κ3) is 6.48. The fraction of sp³-hybridized carbons (Fsp3) is 0.296. The lowest BCUT2D eigenvalue weighted by molar-refractivity contribution is 1.01. The van der Waals surface area contributed by atoms with E-state index in [1.54, 1.807) is 0 Å². The summed E-state index contributed by atoms with van der Waals surface area (Å²) >= 11 is 0. The van der Waals surface area contributed by atoms with Gasteiger partial charge in [-0.1, -0.05) is 36.4 Å². The van der Waals surface area contributed by atoms with Crippen LogP contribution in [0.4, 0.5) is 0 Å². The van der Waals surface area contributed by atoms with Crippen molar-refractivity contribution in [3.05, 3.63) is 106 Å². The van der Waals surface area contributed by atoms with Crippen molar-refractivity contribution in [2.24, 2.45) is 4.99 Å². The van der Waals surface area contributed by atoms with Crippen LogP contribution in [0.5, 0.6) is 0 Å². The first kappa shape index (κ1) is 21.6. The van der Waals surface area contributed by atoms with Crippen LogP contribution in [0.2, 0.25) is 0 Å². The Morgan fingerprint density at radius 1 is 0.800 bits per heavy atom. The van der Waals surface area contributed by atoms with Gasteiger partial charge < -0.3 is 0 Å². The minimum absolute atomic E-state index is 0.827. The summed E-state index contributed by atoms with van der Waals surface area (Å²) in [7, 11) is 0. The summed E-state index contributed by atoms with van der Waals surface area (Å²) < 4.78 is 0. The maximum atomic E-state index is 4.69. The quantitative estimate of drug-likeness (QED) is 0.445. The highest BCUT2D eigenvalue weighted by atomic mass is 14.7. The number of hydrogen-bond donors (Lipinski definition) is 0. The Bertz CT molecular complexity index is 1010. The van der Waals surface area contributed by atoms with Gasteiger partial charge in [0, 0.05) is 53.4 Å². The molecular formula is C27H31N3. The van der Waals surface area contributed by atoms with E-state index in [0.29, 0.717) is 0 Å². The van der Waals surface area contributed by atoms with Crippen molar-refractivity contribution in [1.82, 2.24) is 9.97 Å². The smallest absolute Gasteiger partial charge is 0.0450 e. The molecule has 0 N–H and O–H groups in total. The van der Waals surface area contributed by atoms with Gasteiger partial charge in [0.05, 0.1) is 0 Å². The van der Waals surface area contributed by atoms with Crippen LogP contribution in [-0.4, -0.2) is 15.7 Å². The van der Waals surface area contributed by atoms with Gasteiger partial charge in [0.1, 0.15) is 0 Å². The molecule has 0 saturated heterocycles. The molecule has 0 atom stereocenters. The number of aromatic nitrogens is 2. The predicted molar refractivity (Wildman–Crippen MR) is 126 cm³/mol. The van der Waals surface area contributed by atoms with Crippen molar-refractivity contribution < 1.29 is 0 Å². The van der Waals surface area contributed by atoms with Crippen LogP contribution in [0.3, 0.4) is 0 Å². The number of hydrogen-bond acceptors (Lipinski definition) is 3. The van der Waals surface area contributed by atoms with Gasteiger partial charge >= 0.3 is 0 Å². The minimum Gasteiger partial charge on any atom is -0.263 e. The highest BCUT2D eigenvalue weighted by Gasteiger charge is 2.07. The average molecular weight is 398 g/mol. The van der Waals surface area contributed by atoms with E-state index >= 15 is 0 Å². The van der Waals surface area contributed by atoms with Crippen LogP contribution in [-0.2, 0) is 19.3 Å². The molecule has 3 heteroatoms. The third-order valence-corrected chi connectivity index (χ3v) is 5.02. The molecule has 0 spiro atoms. The lowest BCUT2D eigenvalue weighted by atomic mass is 9.96.